The minimum atomic E-state index is -0.470. The van der Waals surface area contributed by atoms with Crippen LogP contribution >= 0.6 is 24.0 Å². The van der Waals surface area contributed by atoms with E-state index in [1.54, 1.807) is 7.05 Å². The first-order valence-corrected chi connectivity index (χ1v) is 9.22. The van der Waals surface area contributed by atoms with E-state index in [-0.39, 0.29) is 36.5 Å². The quantitative estimate of drug-likeness (QED) is 0.249. The predicted molar refractivity (Wildman–Crippen MR) is 116 cm³/mol. The number of esters is 1. The molecule has 7 nitrogen and oxygen atoms in total. The smallest absolute Gasteiger partial charge is 0.325 e. The van der Waals surface area contributed by atoms with Gasteiger partial charge in [-0.05, 0) is 47.5 Å². The summed E-state index contributed by atoms with van der Waals surface area (Å²) in [6.45, 7) is 13.7. The molecule has 0 spiro atoms. The van der Waals surface area contributed by atoms with Crippen LogP contribution in [0.15, 0.2) is 4.99 Å². The molecule has 1 aliphatic heterocycles. The zero-order valence-electron chi connectivity index (χ0n) is 17.1. The molecule has 0 aromatic carbocycles. The number of piperidine rings is 1. The van der Waals surface area contributed by atoms with Gasteiger partial charge in [0, 0.05) is 32.7 Å². The van der Waals surface area contributed by atoms with E-state index in [1.165, 1.54) is 0 Å². The van der Waals surface area contributed by atoms with Gasteiger partial charge >= 0.3 is 5.97 Å². The van der Waals surface area contributed by atoms with E-state index in [2.05, 4.69) is 34.4 Å². The van der Waals surface area contributed by atoms with Gasteiger partial charge in [0.05, 0.1) is 12.7 Å². The largest absolute Gasteiger partial charge is 0.459 e. The lowest BCUT2D eigenvalue weighted by atomic mass is 10.1. The van der Waals surface area contributed by atoms with Gasteiger partial charge in [0.15, 0.2) is 5.96 Å². The Balaban J connectivity index is 0.00000625. The fraction of sp³-hybridized carbons (Fsp3) is 0.889. The number of ether oxygens (including phenoxy) is 2. The molecule has 0 atom stereocenters. The summed E-state index contributed by atoms with van der Waals surface area (Å²) >= 11 is 0. The van der Waals surface area contributed by atoms with Crippen LogP contribution in [0.4, 0.5) is 0 Å². The summed E-state index contributed by atoms with van der Waals surface area (Å²) < 4.78 is 10.9. The molecule has 1 heterocycles. The summed E-state index contributed by atoms with van der Waals surface area (Å²) in [5, 5.41) is 6.42. The Hall–Kier alpha value is -0.610. The Kier molecular flexibility index (Phi) is 12.4. The first-order valence-electron chi connectivity index (χ1n) is 9.22. The maximum absolute atomic E-state index is 11.8. The van der Waals surface area contributed by atoms with E-state index in [0.29, 0.717) is 18.1 Å². The van der Waals surface area contributed by atoms with E-state index >= 15 is 0 Å². The maximum Gasteiger partial charge on any atom is 0.325 e. The van der Waals surface area contributed by atoms with Crippen molar-refractivity contribution in [2.45, 2.75) is 65.2 Å². The van der Waals surface area contributed by atoms with E-state index in [0.717, 1.165) is 39.1 Å². The molecule has 0 amide bonds. The molecule has 1 rings (SSSR count). The van der Waals surface area contributed by atoms with Gasteiger partial charge in [-0.25, -0.2) is 0 Å². The molecule has 8 heteroatoms. The summed E-state index contributed by atoms with van der Waals surface area (Å²) in [6.07, 6.45) is 2.39. The Morgan fingerprint density at radius 1 is 1.27 bits per heavy atom. The average molecular weight is 484 g/mol. The number of carbonyl (C=O) groups is 1. The van der Waals surface area contributed by atoms with Gasteiger partial charge in [-0.3, -0.25) is 9.79 Å². The average Bonchev–Trinajstić information content (AvgIpc) is 2.51. The minimum absolute atomic E-state index is 0. The lowest BCUT2D eigenvalue weighted by Crippen LogP contribution is -2.50. The number of nitrogens with zero attached hydrogens (tertiary/aromatic N) is 2. The number of hydrogen-bond acceptors (Lipinski definition) is 5. The Bertz CT molecular complexity index is 431. The number of rotatable bonds is 7. The Labute approximate surface area is 175 Å². The van der Waals surface area contributed by atoms with Crippen molar-refractivity contribution in [3.63, 3.8) is 0 Å². The van der Waals surface area contributed by atoms with Gasteiger partial charge in [-0.2, -0.15) is 0 Å². The second-order valence-electron chi connectivity index (χ2n) is 7.69. The zero-order valence-corrected chi connectivity index (χ0v) is 19.5. The molecule has 2 N–H and O–H groups in total. The van der Waals surface area contributed by atoms with E-state index in [4.69, 9.17) is 9.47 Å². The Morgan fingerprint density at radius 2 is 1.88 bits per heavy atom. The third kappa shape index (κ3) is 11.9. The fourth-order valence-electron chi connectivity index (χ4n) is 2.64. The van der Waals surface area contributed by atoms with Crippen LogP contribution in [0.2, 0.25) is 0 Å². The number of aliphatic imine (C=N–C) groups is 1. The van der Waals surface area contributed by atoms with Crippen molar-refractivity contribution in [3.8, 4) is 0 Å². The van der Waals surface area contributed by atoms with Crippen LogP contribution in [0.5, 0.6) is 0 Å². The first-order chi connectivity index (χ1) is 11.7. The van der Waals surface area contributed by atoms with Crippen molar-refractivity contribution >= 4 is 35.9 Å². The zero-order chi connectivity index (χ0) is 18.9. The van der Waals surface area contributed by atoms with E-state index < -0.39 is 5.60 Å². The first kappa shape index (κ1) is 25.4. The fourth-order valence-corrected chi connectivity index (χ4v) is 2.64. The van der Waals surface area contributed by atoms with Gasteiger partial charge < -0.3 is 25.0 Å². The summed E-state index contributed by atoms with van der Waals surface area (Å²) in [6, 6.07) is 0.368. The molecule has 0 aromatic rings. The topological polar surface area (TPSA) is 75.2 Å². The third-order valence-electron chi connectivity index (χ3n) is 3.83. The van der Waals surface area contributed by atoms with E-state index in [9.17, 15) is 4.79 Å². The molecular weight excluding hydrogens is 447 g/mol. The lowest BCUT2D eigenvalue weighted by molar-refractivity contribution is -0.153. The van der Waals surface area contributed by atoms with Crippen molar-refractivity contribution in [3.05, 3.63) is 0 Å². The van der Waals surface area contributed by atoms with Gasteiger partial charge in [0.2, 0.25) is 0 Å². The molecule has 1 aliphatic rings. The molecule has 0 bridgehead atoms. The van der Waals surface area contributed by atoms with Crippen molar-refractivity contribution in [1.29, 1.82) is 0 Å². The van der Waals surface area contributed by atoms with Crippen LogP contribution in [0.1, 0.15) is 47.5 Å². The number of carbonyl (C=O) groups excluding carboxylic acids is 1. The van der Waals surface area contributed by atoms with Crippen molar-refractivity contribution in [2.75, 3.05) is 39.8 Å². The molecular formula is C18H37IN4O3. The van der Waals surface area contributed by atoms with Crippen LogP contribution in [0.25, 0.3) is 0 Å². The molecule has 0 aromatic heterocycles. The number of guanidine groups is 1. The number of nitrogens with one attached hydrogen (secondary N) is 2. The van der Waals surface area contributed by atoms with Gasteiger partial charge in [-0.15, -0.1) is 24.0 Å². The summed E-state index contributed by atoms with van der Waals surface area (Å²) in [4.78, 5) is 18.4. The molecule has 0 unspecified atom stereocenters. The normalized spacial score (nSPS) is 17.0. The highest BCUT2D eigenvalue weighted by Gasteiger charge is 2.21. The second-order valence-corrected chi connectivity index (χ2v) is 7.69. The lowest BCUT2D eigenvalue weighted by Gasteiger charge is -2.33. The number of likely N-dealkylation sites (tertiary alicyclic amines) is 1. The van der Waals surface area contributed by atoms with Gasteiger partial charge in [-0.1, -0.05) is 0 Å². The van der Waals surface area contributed by atoms with Crippen LogP contribution in [-0.2, 0) is 14.3 Å². The number of halogens is 1. The van der Waals surface area contributed by atoms with Crippen LogP contribution in [0.3, 0.4) is 0 Å². The van der Waals surface area contributed by atoms with Gasteiger partial charge in [0.25, 0.3) is 0 Å². The van der Waals surface area contributed by atoms with E-state index in [1.807, 2.05) is 20.8 Å². The standard InChI is InChI=1S/C18H36N4O3.HI/c1-14(2)24-12-11-22-9-7-15(8-10-22)21-17(19-6)20-13-16(23)25-18(3,4)5;/h14-15H,7-13H2,1-6H3,(H2,19,20,21);1H. The second kappa shape index (κ2) is 12.7. The molecule has 1 fully saturated rings. The van der Waals surface area contributed by atoms with Crippen LogP contribution < -0.4 is 10.6 Å². The van der Waals surface area contributed by atoms with Crippen molar-refractivity contribution < 1.29 is 14.3 Å². The highest BCUT2D eigenvalue weighted by molar-refractivity contribution is 14.0. The minimum Gasteiger partial charge on any atom is -0.459 e. The molecule has 1 saturated heterocycles. The molecule has 0 radical (unpaired) electrons. The maximum atomic E-state index is 11.8. The predicted octanol–water partition coefficient (Wildman–Crippen LogP) is 2.00. The summed E-state index contributed by atoms with van der Waals surface area (Å²) in [7, 11) is 1.71. The third-order valence-corrected chi connectivity index (χ3v) is 3.83. The summed E-state index contributed by atoms with van der Waals surface area (Å²) in [5.41, 5.74) is -0.470. The van der Waals surface area contributed by atoms with Crippen molar-refractivity contribution in [2.24, 2.45) is 4.99 Å². The molecule has 154 valence electrons. The molecule has 0 saturated carbocycles. The van der Waals surface area contributed by atoms with Crippen LogP contribution in [0, 0.1) is 0 Å². The van der Waals surface area contributed by atoms with Crippen molar-refractivity contribution in [1.82, 2.24) is 15.5 Å². The number of hydrogen-bond donors (Lipinski definition) is 2. The monoisotopic (exact) mass is 484 g/mol. The highest BCUT2D eigenvalue weighted by Crippen LogP contribution is 2.10. The highest BCUT2D eigenvalue weighted by atomic mass is 127. The van der Waals surface area contributed by atoms with Crippen LogP contribution in [-0.4, -0.2) is 74.4 Å². The molecule has 0 aliphatic carbocycles. The Morgan fingerprint density at radius 3 is 2.38 bits per heavy atom. The molecule has 26 heavy (non-hydrogen) atoms. The van der Waals surface area contributed by atoms with Gasteiger partial charge in [0.1, 0.15) is 12.1 Å². The summed E-state index contributed by atoms with van der Waals surface area (Å²) in [5.74, 6) is 0.364. The SMILES string of the molecule is CN=C(NCC(=O)OC(C)(C)C)NC1CCN(CCOC(C)C)CC1.I.